The summed E-state index contributed by atoms with van der Waals surface area (Å²) in [5, 5.41) is 15.1. The van der Waals surface area contributed by atoms with Crippen LogP contribution >= 0.6 is 11.9 Å². The monoisotopic (exact) mass is 444 g/mol. The smallest absolute Gasteiger partial charge is 0.325 e. The molecule has 0 saturated carbocycles. The number of aliphatic carboxylic acids is 1. The fourth-order valence-electron chi connectivity index (χ4n) is 3.08. The van der Waals surface area contributed by atoms with Gasteiger partial charge in [-0.1, -0.05) is 42.5 Å². The number of nitrogens with two attached hydrogens (primary N) is 1. The van der Waals surface area contributed by atoms with Crippen molar-refractivity contribution >= 4 is 35.4 Å². The van der Waals surface area contributed by atoms with Crippen LogP contribution in [0.1, 0.15) is 18.5 Å². The van der Waals surface area contributed by atoms with Gasteiger partial charge in [-0.25, -0.2) is 4.31 Å². The first kappa shape index (κ1) is 22.6. The number of hydrogen-bond acceptors (Lipinski definition) is 7. The third-order valence-corrected chi connectivity index (χ3v) is 5.82. The van der Waals surface area contributed by atoms with E-state index in [1.165, 1.54) is 18.9 Å². The average Bonchev–Trinajstić information content (AvgIpc) is 2.92. The maximum absolute atomic E-state index is 13.3. The number of carbonyl (C=O) groups is 3. The number of carboxylic acid groups (broad SMARTS) is 1. The second-order valence-corrected chi connectivity index (χ2v) is 7.99. The topological polar surface area (TPSA) is 134 Å². The first-order valence-electron chi connectivity index (χ1n) is 9.64. The van der Waals surface area contributed by atoms with Crippen LogP contribution in [0.5, 0.6) is 0 Å². The second kappa shape index (κ2) is 10.3. The van der Waals surface area contributed by atoms with Crippen LogP contribution in [0.15, 0.2) is 59.5 Å². The van der Waals surface area contributed by atoms with E-state index in [-0.39, 0.29) is 13.2 Å². The van der Waals surface area contributed by atoms with Gasteiger partial charge < -0.3 is 26.2 Å². The average molecular weight is 445 g/mol. The fraction of sp³-hybridized carbons (Fsp3) is 0.286. The number of benzene rings is 2. The lowest BCUT2D eigenvalue weighted by atomic mass is 10.1. The Bertz CT molecular complexity index is 942. The van der Waals surface area contributed by atoms with Gasteiger partial charge in [-0.05, 0) is 36.6 Å². The third-order valence-electron chi connectivity index (χ3n) is 4.61. The predicted octanol–water partition coefficient (Wildman–Crippen LogP) is 1.58. The molecule has 2 amide bonds. The van der Waals surface area contributed by atoms with Crippen LogP contribution in [0.4, 0.5) is 5.69 Å². The molecule has 1 unspecified atom stereocenters. The van der Waals surface area contributed by atoms with Crippen LogP contribution in [-0.2, 0) is 19.1 Å². The molecule has 0 bridgehead atoms. The SMILES string of the molecule is C[C@H](NC(=O)[C@@H](c1ccccc1)N1Sc2ccccc2NCC1OCC(N)=O)C(=O)O. The number of ether oxygens (including phenoxy) is 1. The van der Waals surface area contributed by atoms with Gasteiger partial charge in [0, 0.05) is 10.6 Å². The number of para-hydroxylation sites is 1. The summed E-state index contributed by atoms with van der Waals surface area (Å²) in [6, 6.07) is 14.6. The van der Waals surface area contributed by atoms with Crippen LogP contribution in [0, 0.1) is 0 Å². The van der Waals surface area contributed by atoms with E-state index in [2.05, 4.69) is 10.6 Å². The molecule has 0 spiro atoms. The van der Waals surface area contributed by atoms with Crippen LogP contribution in [0.25, 0.3) is 0 Å². The van der Waals surface area contributed by atoms with Gasteiger partial charge in [-0.3, -0.25) is 14.4 Å². The Morgan fingerprint density at radius 3 is 2.58 bits per heavy atom. The zero-order valence-electron chi connectivity index (χ0n) is 16.9. The Morgan fingerprint density at radius 1 is 1.23 bits per heavy atom. The lowest BCUT2D eigenvalue weighted by Gasteiger charge is -2.34. The summed E-state index contributed by atoms with van der Waals surface area (Å²) in [6.45, 7) is 1.35. The number of amides is 2. The Kier molecular flexibility index (Phi) is 7.50. The number of fused-ring (bicyclic) bond motifs is 1. The summed E-state index contributed by atoms with van der Waals surface area (Å²) in [5.41, 5.74) is 6.78. The molecule has 0 fully saturated rings. The van der Waals surface area contributed by atoms with Gasteiger partial charge >= 0.3 is 5.97 Å². The molecule has 2 aromatic rings. The number of carbonyl (C=O) groups excluding carboxylic acids is 2. The molecule has 5 N–H and O–H groups in total. The number of primary amides is 1. The highest BCUT2D eigenvalue weighted by Gasteiger charge is 2.37. The van der Waals surface area contributed by atoms with E-state index in [9.17, 15) is 19.5 Å². The first-order valence-corrected chi connectivity index (χ1v) is 10.4. The molecule has 3 atom stereocenters. The molecule has 31 heavy (non-hydrogen) atoms. The standard InChI is InChI=1S/C21H24N4O5S/c1-13(21(28)29)24-20(27)19(14-7-3-2-4-8-14)25-18(30-12-17(22)26)11-23-15-9-5-6-10-16(15)31-25/h2-10,13,18-19,23H,11-12H2,1H3,(H2,22,26)(H,24,27)(H,28,29)/t13-,18?,19+/m0/s1. The highest BCUT2D eigenvalue weighted by Crippen LogP contribution is 2.40. The molecule has 1 aliphatic rings. The molecular weight excluding hydrogens is 420 g/mol. The summed E-state index contributed by atoms with van der Waals surface area (Å²) < 4.78 is 7.47. The minimum Gasteiger partial charge on any atom is -0.480 e. The van der Waals surface area contributed by atoms with E-state index in [0.717, 1.165) is 10.6 Å². The van der Waals surface area contributed by atoms with Crippen molar-refractivity contribution in [3.8, 4) is 0 Å². The molecule has 10 heteroatoms. The number of rotatable bonds is 8. The lowest BCUT2D eigenvalue weighted by Crippen LogP contribution is -2.48. The lowest BCUT2D eigenvalue weighted by molar-refractivity contribution is -0.143. The second-order valence-electron chi connectivity index (χ2n) is 6.94. The van der Waals surface area contributed by atoms with Gasteiger partial charge in [-0.2, -0.15) is 0 Å². The minimum atomic E-state index is -1.14. The van der Waals surface area contributed by atoms with Crippen molar-refractivity contribution < 1.29 is 24.2 Å². The molecular formula is C21H24N4O5S. The number of anilines is 1. The highest BCUT2D eigenvalue weighted by atomic mass is 32.2. The van der Waals surface area contributed by atoms with Gasteiger partial charge in [0.15, 0.2) is 0 Å². The van der Waals surface area contributed by atoms with Crippen molar-refractivity contribution in [3.05, 3.63) is 60.2 Å². The number of nitrogens with zero attached hydrogens (tertiary/aromatic N) is 1. The highest BCUT2D eigenvalue weighted by molar-refractivity contribution is 7.97. The number of nitrogens with one attached hydrogen (secondary N) is 2. The summed E-state index contributed by atoms with van der Waals surface area (Å²) in [7, 11) is 0. The summed E-state index contributed by atoms with van der Waals surface area (Å²) in [4.78, 5) is 36.8. The summed E-state index contributed by atoms with van der Waals surface area (Å²) in [5.74, 6) is -2.27. The van der Waals surface area contributed by atoms with E-state index in [4.69, 9.17) is 10.5 Å². The van der Waals surface area contributed by atoms with E-state index >= 15 is 0 Å². The van der Waals surface area contributed by atoms with Crippen molar-refractivity contribution in [2.75, 3.05) is 18.5 Å². The summed E-state index contributed by atoms with van der Waals surface area (Å²) >= 11 is 1.29. The van der Waals surface area contributed by atoms with Crippen LogP contribution in [0.2, 0.25) is 0 Å². The normalized spacial score (nSPS) is 18.0. The number of hydrogen-bond donors (Lipinski definition) is 4. The maximum Gasteiger partial charge on any atom is 0.325 e. The maximum atomic E-state index is 13.3. The van der Waals surface area contributed by atoms with Crippen molar-refractivity contribution in [1.82, 2.24) is 9.62 Å². The largest absolute Gasteiger partial charge is 0.480 e. The van der Waals surface area contributed by atoms with Crippen LogP contribution in [0.3, 0.4) is 0 Å². The van der Waals surface area contributed by atoms with Gasteiger partial charge in [0.05, 0.1) is 6.54 Å². The van der Waals surface area contributed by atoms with E-state index in [0.29, 0.717) is 5.56 Å². The fourth-order valence-corrected chi connectivity index (χ4v) is 4.27. The van der Waals surface area contributed by atoms with Gasteiger partial charge in [0.1, 0.15) is 24.9 Å². The molecule has 0 aromatic heterocycles. The molecule has 3 rings (SSSR count). The molecule has 0 aliphatic carbocycles. The van der Waals surface area contributed by atoms with Crippen molar-refractivity contribution in [1.29, 1.82) is 0 Å². The Morgan fingerprint density at radius 2 is 1.90 bits per heavy atom. The number of carboxylic acids is 1. The molecule has 0 saturated heterocycles. The Hall–Kier alpha value is -3.08. The quantitative estimate of drug-likeness (QED) is 0.451. The van der Waals surface area contributed by atoms with Gasteiger partial charge in [0.25, 0.3) is 0 Å². The minimum absolute atomic E-state index is 0.280. The first-order chi connectivity index (χ1) is 14.9. The molecule has 1 aliphatic heterocycles. The van der Waals surface area contributed by atoms with E-state index in [1.807, 2.05) is 30.3 Å². The van der Waals surface area contributed by atoms with Gasteiger partial charge in [0.2, 0.25) is 11.8 Å². The molecule has 1 heterocycles. The molecule has 2 aromatic carbocycles. The van der Waals surface area contributed by atoms with Crippen LogP contribution in [-0.4, -0.2) is 52.6 Å². The van der Waals surface area contributed by atoms with Crippen molar-refractivity contribution in [3.63, 3.8) is 0 Å². The van der Waals surface area contributed by atoms with Crippen molar-refractivity contribution in [2.24, 2.45) is 5.73 Å². The van der Waals surface area contributed by atoms with Crippen LogP contribution < -0.4 is 16.4 Å². The molecule has 0 radical (unpaired) electrons. The zero-order valence-corrected chi connectivity index (χ0v) is 17.7. The van der Waals surface area contributed by atoms with Gasteiger partial charge in [-0.15, -0.1) is 0 Å². The Balaban J connectivity index is 2.01. The zero-order chi connectivity index (χ0) is 22.4. The summed E-state index contributed by atoms with van der Waals surface area (Å²) in [6.07, 6.45) is -0.707. The predicted molar refractivity (Wildman–Crippen MR) is 116 cm³/mol. The van der Waals surface area contributed by atoms with E-state index < -0.39 is 36.1 Å². The molecule has 164 valence electrons. The molecule has 9 nitrogen and oxygen atoms in total. The third kappa shape index (κ3) is 5.75. The van der Waals surface area contributed by atoms with Crippen molar-refractivity contribution in [2.45, 2.75) is 30.1 Å². The Labute approximate surface area is 184 Å². The van der Waals surface area contributed by atoms with E-state index in [1.54, 1.807) is 28.6 Å².